The molecule has 0 N–H and O–H groups in total. The Bertz CT molecular complexity index is 1900. The van der Waals surface area contributed by atoms with Crippen LogP contribution in [-0.4, -0.2) is 0 Å². The lowest BCUT2D eigenvalue weighted by Gasteiger charge is -2.29. The van der Waals surface area contributed by atoms with Gasteiger partial charge < -0.3 is 4.90 Å². The predicted molar refractivity (Wildman–Crippen MR) is 156 cm³/mol. The molecule has 0 aliphatic rings. The van der Waals surface area contributed by atoms with E-state index in [1.807, 2.05) is 0 Å². The summed E-state index contributed by atoms with van der Waals surface area (Å²) in [6.07, 6.45) is 0. The fourth-order valence-corrected chi connectivity index (χ4v) is 5.54. The van der Waals surface area contributed by atoms with E-state index in [1.54, 1.807) is 0 Å². The highest BCUT2D eigenvalue weighted by atomic mass is 15.1. The number of anilines is 3. The molecule has 0 aliphatic heterocycles. The molecule has 7 aromatic rings. The number of fused-ring (bicyclic) bond motifs is 6. The molecule has 0 fully saturated rings. The van der Waals surface area contributed by atoms with E-state index in [-0.39, 0.29) is 0 Å². The second-order valence-electron chi connectivity index (χ2n) is 9.49. The Morgan fingerprint density at radius 1 is 0.389 bits per heavy atom. The molecule has 170 valence electrons. The summed E-state index contributed by atoms with van der Waals surface area (Å²) in [6, 6.07) is 48.5. The zero-order valence-electron chi connectivity index (χ0n) is 20.1. The highest BCUT2D eigenvalue weighted by Crippen LogP contribution is 2.44. The highest BCUT2D eigenvalue weighted by molar-refractivity contribution is 6.17. The van der Waals surface area contributed by atoms with Crippen LogP contribution >= 0.6 is 0 Å². The van der Waals surface area contributed by atoms with Gasteiger partial charge in [0.05, 0.1) is 11.4 Å². The molecule has 0 aromatic heterocycles. The second-order valence-corrected chi connectivity index (χ2v) is 9.49. The van der Waals surface area contributed by atoms with Crippen LogP contribution in [0.15, 0.2) is 133 Å². The minimum absolute atomic E-state index is 1.15. The number of aryl methyl sites for hydroxylation is 1. The Labute approximate surface area is 210 Å². The van der Waals surface area contributed by atoms with Crippen LogP contribution in [0.3, 0.4) is 0 Å². The van der Waals surface area contributed by atoms with Gasteiger partial charge in [-0.2, -0.15) is 0 Å². The van der Waals surface area contributed by atoms with Crippen molar-refractivity contribution in [1.29, 1.82) is 0 Å². The van der Waals surface area contributed by atoms with E-state index in [2.05, 4.69) is 145 Å². The zero-order valence-corrected chi connectivity index (χ0v) is 20.1. The smallest absolute Gasteiger partial charge is 0.0546 e. The molecule has 0 aliphatic carbocycles. The first-order valence-electron chi connectivity index (χ1n) is 12.5. The lowest BCUT2D eigenvalue weighted by Crippen LogP contribution is -2.11. The van der Waals surface area contributed by atoms with Crippen molar-refractivity contribution in [3.63, 3.8) is 0 Å². The molecule has 0 unspecified atom stereocenters. The lowest BCUT2D eigenvalue weighted by molar-refractivity contribution is 1.31. The maximum absolute atomic E-state index is 2.44. The van der Waals surface area contributed by atoms with Crippen molar-refractivity contribution in [3.05, 3.63) is 139 Å². The Morgan fingerprint density at radius 2 is 0.944 bits per heavy atom. The Kier molecular flexibility index (Phi) is 4.75. The van der Waals surface area contributed by atoms with Gasteiger partial charge in [-0.25, -0.2) is 0 Å². The van der Waals surface area contributed by atoms with Crippen LogP contribution in [0.2, 0.25) is 0 Å². The molecule has 0 saturated heterocycles. The maximum Gasteiger partial charge on any atom is 0.0546 e. The average Bonchev–Trinajstić information content (AvgIpc) is 2.94. The summed E-state index contributed by atoms with van der Waals surface area (Å²) in [5, 5.41) is 10.1. The van der Waals surface area contributed by atoms with Crippen molar-refractivity contribution in [1.82, 2.24) is 0 Å². The largest absolute Gasteiger partial charge is 0.309 e. The van der Waals surface area contributed by atoms with Crippen LogP contribution in [0.5, 0.6) is 0 Å². The number of rotatable bonds is 3. The molecule has 1 heteroatoms. The molecule has 0 amide bonds. The van der Waals surface area contributed by atoms with Crippen LogP contribution in [0.25, 0.3) is 43.1 Å². The molecule has 0 heterocycles. The van der Waals surface area contributed by atoms with Gasteiger partial charge in [0.15, 0.2) is 0 Å². The first-order chi connectivity index (χ1) is 17.8. The van der Waals surface area contributed by atoms with Crippen molar-refractivity contribution in [2.75, 3.05) is 4.90 Å². The summed E-state index contributed by atoms with van der Waals surface area (Å²) < 4.78 is 0. The predicted octanol–water partition coefficient (Wildman–Crippen LogP) is 10.1. The van der Waals surface area contributed by atoms with E-state index in [0.717, 1.165) is 5.69 Å². The van der Waals surface area contributed by atoms with Gasteiger partial charge >= 0.3 is 0 Å². The fraction of sp³-hybridized carbons (Fsp3) is 0.0286. The normalized spacial score (nSPS) is 11.5. The first-order valence-corrected chi connectivity index (χ1v) is 12.5. The fourth-order valence-electron chi connectivity index (χ4n) is 5.54. The number of benzene rings is 7. The molecule has 0 radical (unpaired) electrons. The molecule has 0 atom stereocenters. The van der Waals surface area contributed by atoms with E-state index in [4.69, 9.17) is 0 Å². The molecule has 0 saturated carbocycles. The lowest BCUT2D eigenvalue weighted by atomic mass is 9.97. The standard InChI is InChI=1S/C35H25N/c1-24-17-20-27(21-18-24)36(34-16-8-15-31-28-11-4-2-9-25(28)19-22-33(31)34)35-23-26-10-3-5-12-29(26)30-13-6-7-14-32(30)35/h2-23H,1H3. The number of hydrogen-bond donors (Lipinski definition) is 0. The van der Waals surface area contributed by atoms with Gasteiger partial charge in [-0.3, -0.25) is 0 Å². The Balaban J connectivity index is 1.60. The molecule has 7 aromatic carbocycles. The molecule has 1 nitrogen and oxygen atoms in total. The van der Waals surface area contributed by atoms with Crippen LogP contribution < -0.4 is 4.90 Å². The van der Waals surface area contributed by atoms with E-state index in [1.165, 1.54) is 60.0 Å². The van der Waals surface area contributed by atoms with Crippen LogP contribution in [0.1, 0.15) is 5.56 Å². The molecule has 7 rings (SSSR count). The van der Waals surface area contributed by atoms with Gasteiger partial charge in [0.2, 0.25) is 0 Å². The first kappa shape index (κ1) is 20.7. The van der Waals surface area contributed by atoms with Gasteiger partial charge in [-0.05, 0) is 63.5 Å². The highest BCUT2D eigenvalue weighted by Gasteiger charge is 2.19. The quantitative estimate of drug-likeness (QED) is 0.238. The maximum atomic E-state index is 2.44. The van der Waals surface area contributed by atoms with Crippen molar-refractivity contribution in [2.45, 2.75) is 6.92 Å². The summed E-state index contributed by atoms with van der Waals surface area (Å²) in [5.74, 6) is 0. The molecule has 36 heavy (non-hydrogen) atoms. The van der Waals surface area contributed by atoms with E-state index >= 15 is 0 Å². The number of nitrogens with zero attached hydrogens (tertiary/aromatic N) is 1. The summed E-state index contributed by atoms with van der Waals surface area (Å²) in [7, 11) is 0. The van der Waals surface area contributed by atoms with Crippen molar-refractivity contribution >= 4 is 60.2 Å². The van der Waals surface area contributed by atoms with Gasteiger partial charge in [-0.1, -0.05) is 115 Å². The summed E-state index contributed by atoms with van der Waals surface area (Å²) in [4.78, 5) is 2.44. The van der Waals surface area contributed by atoms with Crippen LogP contribution in [-0.2, 0) is 0 Å². The molecule has 0 bridgehead atoms. The third kappa shape index (κ3) is 3.25. The van der Waals surface area contributed by atoms with Crippen LogP contribution in [0.4, 0.5) is 17.1 Å². The number of hydrogen-bond acceptors (Lipinski definition) is 1. The van der Waals surface area contributed by atoms with Crippen molar-refractivity contribution in [3.8, 4) is 0 Å². The summed E-state index contributed by atoms with van der Waals surface area (Å²) >= 11 is 0. The van der Waals surface area contributed by atoms with Gasteiger partial charge in [-0.15, -0.1) is 0 Å². The van der Waals surface area contributed by atoms with Crippen molar-refractivity contribution < 1.29 is 0 Å². The SMILES string of the molecule is Cc1ccc(N(c2cccc3c2ccc2ccccc23)c2cc3ccccc3c3ccccc23)cc1. The third-order valence-corrected chi connectivity index (χ3v) is 7.28. The van der Waals surface area contributed by atoms with Gasteiger partial charge in [0, 0.05) is 16.5 Å². The Hall–Kier alpha value is -4.62. The van der Waals surface area contributed by atoms with Gasteiger partial charge in [0.25, 0.3) is 0 Å². The Morgan fingerprint density at radius 3 is 1.69 bits per heavy atom. The summed E-state index contributed by atoms with van der Waals surface area (Å²) in [6.45, 7) is 2.14. The molecular weight excluding hydrogens is 434 g/mol. The zero-order chi connectivity index (χ0) is 24.1. The van der Waals surface area contributed by atoms with E-state index in [0.29, 0.717) is 0 Å². The monoisotopic (exact) mass is 459 g/mol. The molecule has 0 spiro atoms. The van der Waals surface area contributed by atoms with Crippen LogP contribution in [0, 0.1) is 6.92 Å². The summed E-state index contributed by atoms with van der Waals surface area (Å²) in [5.41, 5.74) is 4.78. The molecular formula is C35H25N. The van der Waals surface area contributed by atoms with Gasteiger partial charge in [0.1, 0.15) is 0 Å². The minimum Gasteiger partial charge on any atom is -0.309 e. The topological polar surface area (TPSA) is 3.24 Å². The van der Waals surface area contributed by atoms with E-state index in [9.17, 15) is 0 Å². The van der Waals surface area contributed by atoms with E-state index < -0.39 is 0 Å². The third-order valence-electron chi connectivity index (χ3n) is 7.28. The minimum atomic E-state index is 1.15. The van der Waals surface area contributed by atoms with Crippen molar-refractivity contribution in [2.24, 2.45) is 0 Å². The average molecular weight is 460 g/mol. The second kappa shape index (κ2) is 8.25.